The minimum absolute atomic E-state index is 0.0189. The molecule has 0 bridgehead atoms. The number of halogens is 1. The lowest BCUT2D eigenvalue weighted by Crippen LogP contribution is -2.14. The van der Waals surface area contributed by atoms with Crippen LogP contribution in [0.4, 0.5) is 4.39 Å². The highest BCUT2D eigenvalue weighted by molar-refractivity contribution is 5.93. The summed E-state index contributed by atoms with van der Waals surface area (Å²) in [5, 5.41) is 4.04. The largest absolute Gasteiger partial charge is 0.487 e. The molecular formula is C13H14FN3O3. The Morgan fingerprint density at radius 2 is 2.05 bits per heavy atom. The number of carbonyl (C=O) groups is 1. The van der Waals surface area contributed by atoms with E-state index in [0.717, 1.165) is 0 Å². The van der Waals surface area contributed by atoms with Crippen LogP contribution in [0.25, 0.3) is 5.69 Å². The Balaban J connectivity index is 2.28. The number of carbonyl (C=O) groups excluding carboxylic acids is 1. The first-order valence-corrected chi connectivity index (χ1v) is 5.89. The summed E-state index contributed by atoms with van der Waals surface area (Å²) in [6, 6.07) is 5.66. The second kappa shape index (κ2) is 6.16. The zero-order valence-corrected chi connectivity index (χ0v) is 10.9. The summed E-state index contributed by atoms with van der Waals surface area (Å²) in [5.41, 5.74) is 5.86. The van der Waals surface area contributed by atoms with Gasteiger partial charge in [-0.15, -0.1) is 0 Å². The lowest BCUT2D eigenvalue weighted by molar-refractivity contribution is 0.0987. The van der Waals surface area contributed by atoms with Crippen LogP contribution < -0.4 is 10.5 Å². The van der Waals surface area contributed by atoms with Crippen molar-refractivity contribution in [2.45, 2.75) is 0 Å². The van der Waals surface area contributed by atoms with Gasteiger partial charge in [-0.25, -0.2) is 9.07 Å². The average molecular weight is 279 g/mol. The summed E-state index contributed by atoms with van der Waals surface area (Å²) in [5.74, 6) is -0.787. The summed E-state index contributed by atoms with van der Waals surface area (Å²) in [6.45, 7) is 0.645. The van der Waals surface area contributed by atoms with Gasteiger partial charge in [0.1, 0.15) is 12.4 Å². The van der Waals surface area contributed by atoms with Crippen molar-refractivity contribution in [3.63, 3.8) is 0 Å². The van der Waals surface area contributed by atoms with E-state index in [-0.39, 0.29) is 23.9 Å². The minimum atomic E-state index is -0.696. The molecule has 2 N–H and O–H groups in total. The predicted molar refractivity (Wildman–Crippen MR) is 69.4 cm³/mol. The van der Waals surface area contributed by atoms with E-state index in [1.807, 2.05) is 0 Å². The molecule has 2 aromatic rings. The van der Waals surface area contributed by atoms with Crippen LogP contribution in [0.1, 0.15) is 10.5 Å². The van der Waals surface area contributed by atoms with Crippen LogP contribution in [0.15, 0.2) is 30.5 Å². The third-order valence-corrected chi connectivity index (χ3v) is 2.55. The second-order valence-corrected chi connectivity index (χ2v) is 3.97. The van der Waals surface area contributed by atoms with Gasteiger partial charge < -0.3 is 15.2 Å². The number of amides is 1. The van der Waals surface area contributed by atoms with Gasteiger partial charge in [0.2, 0.25) is 0 Å². The van der Waals surface area contributed by atoms with Gasteiger partial charge in [-0.1, -0.05) is 0 Å². The van der Waals surface area contributed by atoms with E-state index in [0.29, 0.717) is 12.3 Å². The second-order valence-electron chi connectivity index (χ2n) is 3.97. The molecule has 0 saturated carbocycles. The molecule has 0 aliphatic rings. The van der Waals surface area contributed by atoms with Gasteiger partial charge in [0.05, 0.1) is 18.5 Å². The maximum atomic E-state index is 12.9. The molecule has 1 heterocycles. The van der Waals surface area contributed by atoms with Crippen LogP contribution >= 0.6 is 0 Å². The summed E-state index contributed by atoms with van der Waals surface area (Å²) in [7, 11) is 1.54. The third kappa shape index (κ3) is 3.12. The van der Waals surface area contributed by atoms with Gasteiger partial charge in [-0.05, 0) is 24.3 Å². The third-order valence-electron chi connectivity index (χ3n) is 2.55. The number of nitrogens with two attached hydrogens (primary N) is 1. The Morgan fingerprint density at radius 3 is 2.65 bits per heavy atom. The number of ether oxygens (including phenoxy) is 2. The molecule has 20 heavy (non-hydrogen) atoms. The lowest BCUT2D eigenvalue weighted by atomic mass is 10.3. The van der Waals surface area contributed by atoms with Crippen LogP contribution in [-0.4, -0.2) is 36.0 Å². The van der Waals surface area contributed by atoms with Crippen LogP contribution in [0, 0.1) is 5.82 Å². The highest BCUT2D eigenvalue weighted by Crippen LogP contribution is 2.19. The maximum Gasteiger partial charge on any atom is 0.273 e. The monoisotopic (exact) mass is 279 g/mol. The van der Waals surface area contributed by atoms with E-state index in [4.69, 9.17) is 15.2 Å². The van der Waals surface area contributed by atoms with Crippen molar-refractivity contribution >= 4 is 5.91 Å². The van der Waals surface area contributed by atoms with Gasteiger partial charge in [-0.3, -0.25) is 4.79 Å². The molecule has 7 heteroatoms. The van der Waals surface area contributed by atoms with Crippen molar-refractivity contribution in [3.8, 4) is 11.4 Å². The maximum absolute atomic E-state index is 12.9. The number of benzene rings is 1. The Bertz CT molecular complexity index is 595. The number of hydrogen-bond acceptors (Lipinski definition) is 4. The quantitative estimate of drug-likeness (QED) is 0.804. The molecule has 0 saturated heterocycles. The summed E-state index contributed by atoms with van der Waals surface area (Å²) in [6.07, 6.45) is 1.52. The first kappa shape index (κ1) is 14.0. The van der Waals surface area contributed by atoms with Crippen LogP contribution in [0.3, 0.4) is 0 Å². The highest BCUT2D eigenvalue weighted by Gasteiger charge is 2.16. The fourth-order valence-corrected chi connectivity index (χ4v) is 1.60. The van der Waals surface area contributed by atoms with Gasteiger partial charge in [-0.2, -0.15) is 5.10 Å². The molecule has 106 valence electrons. The van der Waals surface area contributed by atoms with E-state index >= 15 is 0 Å². The van der Waals surface area contributed by atoms with Gasteiger partial charge in [0, 0.05) is 7.11 Å². The zero-order valence-electron chi connectivity index (χ0n) is 10.9. The van der Waals surface area contributed by atoms with Gasteiger partial charge in [0.15, 0.2) is 11.4 Å². The molecule has 0 aliphatic carbocycles. The van der Waals surface area contributed by atoms with Crippen molar-refractivity contribution in [2.75, 3.05) is 20.3 Å². The summed E-state index contributed by atoms with van der Waals surface area (Å²) < 4.78 is 24.5. The number of aromatic nitrogens is 2. The van der Waals surface area contributed by atoms with Crippen LogP contribution in [-0.2, 0) is 4.74 Å². The summed E-state index contributed by atoms with van der Waals surface area (Å²) >= 11 is 0. The van der Waals surface area contributed by atoms with Crippen molar-refractivity contribution < 1.29 is 18.7 Å². The van der Waals surface area contributed by atoms with E-state index < -0.39 is 5.91 Å². The smallest absolute Gasteiger partial charge is 0.273 e. The van der Waals surface area contributed by atoms with E-state index in [2.05, 4.69) is 5.10 Å². The number of nitrogens with zero attached hydrogens (tertiary/aromatic N) is 2. The molecule has 6 nitrogen and oxygen atoms in total. The van der Waals surface area contributed by atoms with E-state index in [1.54, 1.807) is 7.11 Å². The normalized spacial score (nSPS) is 10.5. The molecule has 0 spiro atoms. The zero-order chi connectivity index (χ0) is 14.5. The molecule has 0 aliphatic heterocycles. The Morgan fingerprint density at radius 1 is 1.35 bits per heavy atom. The Hall–Kier alpha value is -2.41. The molecule has 0 radical (unpaired) electrons. The molecular weight excluding hydrogens is 265 g/mol. The van der Waals surface area contributed by atoms with Crippen molar-refractivity contribution in [2.24, 2.45) is 5.73 Å². The van der Waals surface area contributed by atoms with Gasteiger partial charge >= 0.3 is 0 Å². The molecule has 0 atom stereocenters. The van der Waals surface area contributed by atoms with Crippen molar-refractivity contribution in [1.82, 2.24) is 9.78 Å². The SMILES string of the molecule is COCCOc1cn(-c2ccc(F)cc2)nc1C(N)=O. The minimum Gasteiger partial charge on any atom is -0.487 e. The molecule has 2 rings (SSSR count). The summed E-state index contributed by atoms with van der Waals surface area (Å²) in [4.78, 5) is 11.3. The number of primary amides is 1. The number of hydrogen-bond donors (Lipinski definition) is 1. The highest BCUT2D eigenvalue weighted by atomic mass is 19.1. The van der Waals surface area contributed by atoms with Crippen molar-refractivity contribution in [1.29, 1.82) is 0 Å². The molecule has 1 aromatic carbocycles. The van der Waals surface area contributed by atoms with Crippen LogP contribution in [0.5, 0.6) is 5.75 Å². The molecule has 1 amide bonds. The molecule has 1 aromatic heterocycles. The molecule has 0 unspecified atom stereocenters. The van der Waals surface area contributed by atoms with Crippen molar-refractivity contribution in [3.05, 3.63) is 42.0 Å². The van der Waals surface area contributed by atoms with Gasteiger partial charge in [0.25, 0.3) is 5.91 Å². The standard InChI is InChI=1S/C13H14FN3O3/c1-19-6-7-20-11-8-17(16-12(11)13(15)18)10-4-2-9(14)3-5-10/h2-5,8H,6-7H2,1H3,(H2,15,18). The van der Waals surface area contributed by atoms with E-state index in [9.17, 15) is 9.18 Å². The Labute approximate surface area is 114 Å². The first-order valence-electron chi connectivity index (χ1n) is 5.89. The number of methoxy groups -OCH3 is 1. The topological polar surface area (TPSA) is 79.4 Å². The lowest BCUT2D eigenvalue weighted by Gasteiger charge is -2.02. The predicted octanol–water partition coefficient (Wildman–Crippen LogP) is 1.14. The fraction of sp³-hybridized carbons (Fsp3) is 0.231. The Kier molecular flexibility index (Phi) is 4.31. The van der Waals surface area contributed by atoms with E-state index in [1.165, 1.54) is 35.1 Å². The average Bonchev–Trinajstić information content (AvgIpc) is 2.84. The van der Waals surface area contributed by atoms with Crippen LogP contribution in [0.2, 0.25) is 0 Å². The fourth-order valence-electron chi connectivity index (χ4n) is 1.60. The molecule has 0 fully saturated rings. The number of rotatable bonds is 6. The first-order chi connectivity index (χ1) is 9.61.